The number of cyclic esters (lactones) is 1. The van der Waals surface area contributed by atoms with Crippen molar-refractivity contribution < 1.29 is 18.7 Å². The van der Waals surface area contributed by atoms with Gasteiger partial charge in [-0.25, -0.2) is 9.18 Å². The zero-order valence-electron chi connectivity index (χ0n) is 9.64. The van der Waals surface area contributed by atoms with Gasteiger partial charge in [0.25, 0.3) is 0 Å². The molecule has 1 aliphatic rings. The quantitative estimate of drug-likeness (QED) is 0.880. The maximum absolute atomic E-state index is 13.1. The highest BCUT2D eigenvalue weighted by Gasteiger charge is 2.32. The molecular weight excluding hydrogens is 239 g/mol. The third kappa shape index (κ3) is 2.77. The van der Waals surface area contributed by atoms with E-state index in [1.807, 2.05) is 0 Å². The van der Waals surface area contributed by atoms with Crippen LogP contribution in [0.15, 0.2) is 24.3 Å². The van der Waals surface area contributed by atoms with Crippen LogP contribution in [0.4, 0.5) is 14.9 Å². The van der Waals surface area contributed by atoms with E-state index in [0.717, 1.165) is 0 Å². The first-order valence-corrected chi connectivity index (χ1v) is 5.58. The number of benzene rings is 1. The summed E-state index contributed by atoms with van der Waals surface area (Å²) in [4.78, 5) is 23.6. The Kier molecular flexibility index (Phi) is 3.45. The highest BCUT2D eigenvalue weighted by atomic mass is 19.1. The molecule has 1 aromatic carbocycles. The molecule has 0 bridgehead atoms. The minimum absolute atomic E-state index is 0.162. The second-order valence-electron chi connectivity index (χ2n) is 4.10. The number of halogens is 1. The number of rotatable bonds is 4. The average molecular weight is 252 g/mol. The van der Waals surface area contributed by atoms with E-state index in [1.165, 1.54) is 23.1 Å². The van der Waals surface area contributed by atoms with Gasteiger partial charge in [-0.3, -0.25) is 9.69 Å². The number of amides is 2. The van der Waals surface area contributed by atoms with Gasteiger partial charge in [-0.2, -0.15) is 0 Å². The number of nitrogens with zero attached hydrogens (tertiary/aromatic N) is 1. The summed E-state index contributed by atoms with van der Waals surface area (Å²) in [5, 5.41) is 0. The monoisotopic (exact) mass is 252 g/mol. The fourth-order valence-electron chi connectivity index (χ4n) is 1.83. The van der Waals surface area contributed by atoms with Gasteiger partial charge < -0.3 is 10.5 Å². The van der Waals surface area contributed by atoms with Gasteiger partial charge >= 0.3 is 6.09 Å². The number of ether oxygens (including phenoxy) is 1. The van der Waals surface area contributed by atoms with E-state index in [2.05, 4.69) is 0 Å². The van der Waals surface area contributed by atoms with Crippen molar-refractivity contribution in [2.24, 2.45) is 5.73 Å². The number of hydrogen-bond acceptors (Lipinski definition) is 3. The van der Waals surface area contributed by atoms with Crippen LogP contribution in [0.3, 0.4) is 0 Å². The molecule has 1 heterocycles. The van der Waals surface area contributed by atoms with Gasteiger partial charge in [-0.15, -0.1) is 0 Å². The summed E-state index contributed by atoms with van der Waals surface area (Å²) in [5.74, 6) is -0.851. The van der Waals surface area contributed by atoms with Gasteiger partial charge in [0.1, 0.15) is 11.9 Å². The topological polar surface area (TPSA) is 72.6 Å². The smallest absolute Gasteiger partial charge is 0.414 e. The van der Waals surface area contributed by atoms with Crippen molar-refractivity contribution in [3.63, 3.8) is 0 Å². The Bertz CT molecular complexity index is 478. The van der Waals surface area contributed by atoms with Crippen LogP contribution >= 0.6 is 0 Å². The van der Waals surface area contributed by atoms with Crippen LogP contribution in [0, 0.1) is 5.82 Å². The van der Waals surface area contributed by atoms with E-state index in [4.69, 9.17) is 10.5 Å². The third-order valence-corrected chi connectivity index (χ3v) is 2.71. The fraction of sp³-hybridized carbons (Fsp3) is 0.333. The Morgan fingerprint density at radius 2 is 2.33 bits per heavy atom. The summed E-state index contributed by atoms with van der Waals surface area (Å²) in [6, 6.07) is 5.71. The molecule has 18 heavy (non-hydrogen) atoms. The lowest BCUT2D eigenvalue weighted by Crippen LogP contribution is -2.25. The van der Waals surface area contributed by atoms with Crippen molar-refractivity contribution in [1.82, 2.24) is 0 Å². The van der Waals surface area contributed by atoms with Gasteiger partial charge in [0.2, 0.25) is 5.91 Å². The van der Waals surface area contributed by atoms with E-state index in [-0.39, 0.29) is 12.5 Å². The van der Waals surface area contributed by atoms with Gasteiger partial charge in [-0.1, -0.05) is 6.07 Å². The summed E-state index contributed by atoms with van der Waals surface area (Å²) < 4.78 is 18.1. The van der Waals surface area contributed by atoms with E-state index in [1.54, 1.807) is 6.07 Å². The summed E-state index contributed by atoms with van der Waals surface area (Å²) in [6.07, 6.45) is -0.370. The second kappa shape index (κ2) is 5.03. The van der Waals surface area contributed by atoms with Crippen LogP contribution in [0.1, 0.15) is 12.8 Å². The molecule has 1 fully saturated rings. The largest absolute Gasteiger partial charge is 0.444 e. The Morgan fingerprint density at radius 1 is 1.56 bits per heavy atom. The zero-order valence-corrected chi connectivity index (χ0v) is 9.64. The van der Waals surface area contributed by atoms with Crippen LogP contribution in [-0.4, -0.2) is 24.6 Å². The standard InChI is InChI=1S/C12H13FN2O3/c13-8-2-1-3-9(6-8)15-7-10(18-12(15)17)4-5-11(14)16/h1-3,6,10H,4-5,7H2,(H2,14,16). The van der Waals surface area contributed by atoms with Crippen LogP contribution in [-0.2, 0) is 9.53 Å². The molecule has 0 saturated carbocycles. The lowest BCUT2D eigenvalue weighted by molar-refractivity contribution is -0.118. The SMILES string of the molecule is NC(=O)CCC1CN(c2cccc(F)c2)C(=O)O1. The molecule has 2 N–H and O–H groups in total. The molecule has 1 atom stereocenters. The highest BCUT2D eigenvalue weighted by Crippen LogP contribution is 2.23. The number of carbonyl (C=O) groups excluding carboxylic acids is 2. The molecule has 5 nitrogen and oxygen atoms in total. The highest BCUT2D eigenvalue weighted by molar-refractivity contribution is 5.89. The van der Waals surface area contributed by atoms with Crippen molar-refractivity contribution in [1.29, 1.82) is 0 Å². The first kappa shape index (κ1) is 12.3. The molecular formula is C12H13FN2O3. The van der Waals surface area contributed by atoms with Crippen LogP contribution in [0.2, 0.25) is 0 Å². The Labute approximate surface area is 103 Å². The molecule has 96 valence electrons. The summed E-state index contributed by atoms with van der Waals surface area (Å²) >= 11 is 0. The van der Waals surface area contributed by atoms with E-state index in [9.17, 15) is 14.0 Å². The molecule has 6 heteroatoms. The molecule has 0 radical (unpaired) electrons. The maximum Gasteiger partial charge on any atom is 0.414 e. The molecule has 1 saturated heterocycles. The first-order chi connectivity index (χ1) is 8.56. The number of primary amides is 1. The van der Waals surface area contributed by atoms with Gasteiger partial charge in [0.05, 0.1) is 12.2 Å². The molecule has 0 aliphatic carbocycles. The van der Waals surface area contributed by atoms with Crippen molar-refractivity contribution in [3.05, 3.63) is 30.1 Å². The third-order valence-electron chi connectivity index (χ3n) is 2.71. The lowest BCUT2D eigenvalue weighted by atomic mass is 10.2. The van der Waals surface area contributed by atoms with Crippen LogP contribution in [0.5, 0.6) is 0 Å². The average Bonchev–Trinajstić information content (AvgIpc) is 2.68. The van der Waals surface area contributed by atoms with Gasteiger partial charge in [0.15, 0.2) is 0 Å². The number of carbonyl (C=O) groups is 2. The van der Waals surface area contributed by atoms with Crippen LogP contribution < -0.4 is 10.6 Å². The molecule has 2 amide bonds. The van der Waals surface area contributed by atoms with Crippen molar-refractivity contribution in [3.8, 4) is 0 Å². The number of nitrogens with two attached hydrogens (primary N) is 1. The summed E-state index contributed by atoms with van der Waals surface area (Å²) in [6.45, 7) is 0.301. The molecule has 1 unspecified atom stereocenters. The van der Waals surface area contributed by atoms with Crippen molar-refractivity contribution >= 4 is 17.7 Å². The molecule has 0 spiro atoms. The number of anilines is 1. The zero-order chi connectivity index (χ0) is 13.1. The summed E-state index contributed by atoms with van der Waals surface area (Å²) in [5.41, 5.74) is 5.47. The normalized spacial score (nSPS) is 18.8. The molecule has 1 aliphatic heterocycles. The second-order valence-corrected chi connectivity index (χ2v) is 4.10. The first-order valence-electron chi connectivity index (χ1n) is 5.58. The van der Waals surface area contributed by atoms with E-state index in [0.29, 0.717) is 18.7 Å². The Hall–Kier alpha value is -2.11. The Morgan fingerprint density at radius 3 is 3.00 bits per heavy atom. The predicted octanol–water partition coefficient (Wildman–Crippen LogP) is 1.42. The maximum atomic E-state index is 13.1. The molecule has 2 rings (SSSR count). The minimum Gasteiger partial charge on any atom is -0.444 e. The van der Waals surface area contributed by atoms with Gasteiger partial charge in [-0.05, 0) is 24.6 Å². The minimum atomic E-state index is -0.532. The Balaban J connectivity index is 2.03. The van der Waals surface area contributed by atoms with Crippen LogP contribution in [0.25, 0.3) is 0 Å². The predicted molar refractivity (Wildman–Crippen MR) is 62.4 cm³/mol. The molecule has 0 aromatic heterocycles. The lowest BCUT2D eigenvalue weighted by Gasteiger charge is -2.12. The van der Waals surface area contributed by atoms with Gasteiger partial charge in [0, 0.05) is 6.42 Å². The number of hydrogen-bond donors (Lipinski definition) is 1. The van der Waals surface area contributed by atoms with E-state index >= 15 is 0 Å². The molecule has 1 aromatic rings. The van der Waals surface area contributed by atoms with Crippen molar-refractivity contribution in [2.75, 3.05) is 11.4 Å². The summed E-state index contributed by atoms with van der Waals surface area (Å²) in [7, 11) is 0. The fourth-order valence-corrected chi connectivity index (χ4v) is 1.83. The van der Waals surface area contributed by atoms with E-state index < -0.39 is 17.8 Å². The van der Waals surface area contributed by atoms with Crippen molar-refractivity contribution in [2.45, 2.75) is 18.9 Å².